The third-order valence-electron chi connectivity index (χ3n) is 3.84. The first-order valence-corrected chi connectivity index (χ1v) is 6.43. The van der Waals surface area contributed by atoms with Gasteiger partial charge in [-0.25, -0.2) is 4.79 Å². The fourth-order valence-electron chi connectivity index (χ4n) is 2.95. The zero-order chi connectivity index (χ0) is 12.7. The first-order valence-electron chi connectivity index (χ1n) is 6.06. The molecule has 0 spiro atoms. The van der Waals surface area contributed by atoms with Crippen LogP contribution in [0.3, 0.4) is 0 Å². The van der Waals surface area contributed by atoms with E-state index in [0.29, 0.717) is 30.6 Å². The number of halogens is 1. The van der Waals surface area contributed by atoms with Crippen molar-refractivity contribution < 1.29 is 14.6 Å². The van der Waals surface area contributed by atoms with Crippen LogP contribution in [0.5, 0.6) is 5.75 Å². The number of rotatable bonds is 0. The van der Waals surface area contributed by atoms with Gasteiger partial charge in [-0.1, -0.05) is 23.7 Å². The normalized spacial score (nSPS) is 25.9. The third-order valence-corrected chi connectivity index (χ3v) is 4.14. The number of carbonyl (C=O) groups is 1. The van der Waals surface area contributed by atoms with Crippen LogP contribution in [-0.4, -0.2) is 35.8 Å². The predicted octanol–water partition coefficient (Wildman–Crippen LogP) is 2.82. The predicted molar refractivity (Wildman–Crippen MR) is 67.4 cm³/mol. The van der Waals surface area contributed by atoms with Crippen LogP contribution in [0.2, 0.25) is 5.02 Å². The lowest BCUT2D eigenvalue weighted by molar-refractivity contribution is 0.152. The summed E-state index contributed by atoms with van der Waals surface area (Å²) in [5.41, 5.74) is 1.05. The monoisotopic (exact) mass is 267 g/mol. The van der Waals surface area contributed by atoms with E-state index < -0.39 is 6.09 Å². The molecule has 0 bridgehead atoms. The lowest BCUT2D eigenvalue weighted by Crippen LogP contribution is -2.27. The summed E-state index contributed by atoms with van der Waals surface area (Å²) in [6, 6.07) is 5.70. The summed E-state index contributed by atoms with van der Waals surface area (Å²) >= 11 is 6.15. The Morgan fingerprint density at radius 1 is 1.44 bits per heavy atom. The SMILES string of the molecule is O=C(O)N1C[C@H]2CCOc3c(Cl)cccc3[C@H]2C1. The average Bonchev–Trinajstić information content (AvgIpc) is 2.68. The van der Waals surface area contributed by atoms with Crippen molar-refractivity contribution in [3.05, 3.63) is 28.8 Å². The van der Waals surface area contributed by atoms with Crippen molar-refractivity contribution in [2.75, 3.05) is 19.7 Å². The molecule has 1 amide bonds. The minimum atomic E-state index is -0.840. The maximum Gasteiger partial charge on any atom is 0.407 e. The number of carboxylic acid groups (broad SMARTS) is 1. The van der Waals surface area contributed by atoms with Gasteiger partial charge in [-0.2, -0.15) is 0 Å². The molecule has 1 aromatic rings. The second kappa shape index (κ2) is 4.35. The van der Waals surface area contributed by atoms with Crippen molar-refractivity contribution in [1.82, 2.24) is 4.90 Å². The number of amides is 1. The molecule has 2 aliphatic heterocycles. The number of ether oxygens (including phenoxy) is 1. The molecule has 2 aliphatic rings. The van der Waals surface area contributed by atoms with E-state index in [4.69, 9.17) is 21.4 Å². The first kappa shape index (κ1) is 11.7. The van der Waals surface area contributed by atoms with Crippen LogP contribution in [0.25, 0.3) is 0 Å². The largest absolute Gasteiger partial charge is 0.492 e. The van der Waals surface area contributed by atoms with Crippen LogP contribution in [-0.2, 0) is 0 Å². The van der Waals surface area contributed by atoms with Crippen LogP contribution in [0, 0.1) is 5.92 Å². The summed E-state index contributed by atoms with van der Waals surface area (Å²) in [6.07, 6.45) is 0.0342. The molecule has 0 saturated carbocycles. The minimum absolute atomic E-state index is 0.206. The van der Waals surface area contributed by atoms with Gasteiger partial charge in [-0.15, -0.1) is 0 Å². The first-order chi connectivity index (χ1) is 8.66. The van der Waals surface area contributed by atoms with E-state index in [9.17, 15) is 4.79 Å². The highest BCUT2D eigenvalue weighted by atomic mass is 35.5. The van der Waals surface area contributed by atoms with Gasteiger partial charge in [0.1, 0.15) is 5.75 Å². The fourth-order valence-corrected chi connectivity index (χ4v) is 3.19. The summed E-state index contributed by atoms with van der Waals surface area (Å²) in [5, 5.41) is 9.71. The van der Waals surface area contributed by atoms with Crippen molar-refractivity contribution in [3.8, 4) is 5.75 Å². The molecule has 2 atom stereocenters. The molecule has 18 heavy (non-hydrogen) atoms. The highest BCUT2D eigenvalue weighted by Crippen LogP contribution is 2.44. The van der Waals surface area contributed by atoms with E-state index in [1.165, 1.54) is 4.90 Å². The third kappa shape index (κ3) is 1.81. The van der Waals surface area contributed by atoms with E-state index in [0.717, 1.165) is 17.7 Å². The lowest BCUT2D eigenvalue weighted by Gasteiger charge is -2.16. The second-order valence-electron chi connectivity index (χ2n) is 4.85. The molecule has 1 N–H and O–H groups in total. The molecule has 0 aliphatic carbocycles. The molecule has 0 aromatic heterocycles. The van der Waals surface area contributed by atoms with E-state index in [2.05, 4.69) is 0 Å². The molecule has 96 valence electrons. The van der Waals surface area contributed by atoms with Crippen molar-refractivity contribution in [3.63, 3.8) is 0 Å². The molecule has 1 fully saturated rings. The Morgan fingerprint density at radius 2 is 2.28 bits per heavy atom. The zero-order valence-electron chi connectivity index (χ0n) is 9.80. The van der Waals surface area contributed by atoms with Crippen molar-refractivity contribution in [2.24, 2.45) is 5.92 Å². The van der Waals surface area contributed by atoms with Gasteiger partial charge in [0.15, 0.2) is 0 Å². The van der Waals surface area contributed by atoms with Crippen LogP contribution >= 0.6 is 11.6 Å². The molecular formula is C13H14ClNO3. The Labute approximate surface area is 110 Å². The molecule has 4 nitrogen and oxygen atoms in total. The molecule has 3 rings (SSSR count). The quantitative estimate of drug-likeness (QED) is 0.786. The Hall–Kier alpha value is -1.42. The molecule has 1 aromatic carbocycles. The number of para-hydroxylation sites is 1. The molecule has 2 heterocycles. The number of hydrogen-bond donors (Lipinski definition) is 1. The van der Waals surface area contributed by atoms with Crippen LogP contribution in [0.15, 0.2) is 18.2 Å². The van der Waals surface area contributed by atoms with E-state index >= 15 is 0 Å². The smallest absolute Gasteiger partial charge is 0.407 e. The van der Waals surface area contributed by atoms with Gasteiger partial charge >= 0.3 is 6.09 Å². The summed E-state index contributed by atoms with van der Waals surface area (Å²) < 4.78 is 5.71. The summed E-state index contributed by atoms with van der Waals surface area (Å²) in [7, 11) is 0. The van der Waals surface area contributed by atoms with Crippen LogP contribution in [0.1, 0.15) is 17.9 Å². The van der Waals surface area contributed by atoms with E-state index in [1.54, 1.807) is 0 Å². The van der Waals surface area contributed by atoms with Crippen molar-refractivity contribution in [2.45, 2.75) is 12.3 Å². The molecular weight excluding hydrogens is 254 g/mol. The number of benzene rings is 1. The van der Waals surface area contributed by atoms with Crippen molar-refractivity contribution in [1.29, 1.82) is 0 Å². The Balaban J connectivity index is 1.99. The minimum Gasteiger partial charge on any atom is -0.492 e. The second-order valence-corrected chi connectivity index (χ2v) is 5.26. The topological polar surface area (TPSA) is 49.8 Å². The Kier molecular flexibility index (Phi) is 2.82. The Bertz CT molecular complexity index is 491. The fraction of sp³-hybridized carbons (Fsp3) is 0.462. The van der Waals surface area contributed by atoms with E-state index in [-0.39, 0.29) is 5.92 Å². The van der Waals surface area contributed by atoms with E-state index in [1.807, 2.05) is 18.2 Å². The van der Waals surface area contributed by atoms with Gasteiger partial charge in [0.05, 0.1) is 11.6 Å². The van der Waals surface area contributed by atoms with Gasteiger partial charge in [-0.3, -0.25) is 0 Å². The van der Waals surface area contributed by atoms with Crippen LogP contribution < -0.4 is 4.74 Å². The summed E-state index contributed by atoms with van der Waals surface area (Å²) in [6.45, 7) is 1.73. The van der Waals surface area contributed by atoms with Gasteiger partial charge in [0, 0.05) is 24.6 Å². The molecule has 5 heteroatoms. The van der Waals surface area contributed by atoms with Gasteiger partial charge < -0.3 is 14.7 Å². The number of nitrogens with zero attached hydrogens (tertiary/aromatic N) is 1. The maximum absolute atomic E-state index is 11.1. The Morgan fingerprint density at radius 3 is 3.06 bits per heavy atom. The summed E-state index contributed by atoms with van der Waals surface area (Å²) in [5.74, 6) is 1.28. The zero-order valence-corrected chi connectivity index (χ0v) is 10.6. The highest BCUT2D eigenvalue weighted by molar-refractivity contribution is 6.32. The van der Waals surface area contributed by atoms with Crippen LogP contribution in [0.4, 0.5) is 4.79 Å². The standard InChI is InChI=1S/C13H14ClNO3/c14-11-3-1-2-9-10-7-15(13(16)17)6-8(10)4-5-18-12(9)11/h1-3,8,10H,4-7H2,(H,16,17)/t8-,10+/m1/s1. The lowest BCUT2D eigenvalue weighted by atomic mass is 9.87. The number of hydrogen-bond acceptors (Lipinski definition) is 2. The average molecular weight is 268 g/mol. The number of likely N-dealkylation sites (tertiary alicyclic amines) is 1. The van der Waals surface area contributed by atoms with Gasteiger partial charge in [0.2, 0.25) is 0 Å². The maximum atomic E-state index is 11.1. The number of fused-ring (bicyclic) bond motifs is 3. The van der Waals surface area contributed by atoms with Gasteiger partial charge in [-0.05, 0) is 18.4 Å². The van der Waals surface area contributed by atoms with Crippen molar-refractivity contribution >= 4 is 17.7 Å². The molecule has 0 unspecified atom stereocenters. The van der Waals surface area contributed by atoms with Gasteiger partial charge in [0.25, 0.3) is 0 Å². The highest BCUT2D eigenvalue weighted by Gasteiger charge is 2.39. The summed E-state index contributed by atoms with van der Waals surface area (Å²) in [4.78, 5) is 12.6. The molecule has 1 saturated heterocycles. The molecule has 0 radical (unpaired) electrons.